The molecule has 4 nitrogen and oxygen atoms in total. The summed E-state index contributed by atoms with van der Waals surface area (Å²) in [6, 6.07) is 16.4. The number of fused-ring (bicyclic) bond motifs is 2. The van der Waals surface area contributed by atoms with Crippen molar-refractivity contribution in [3.8, 4) is 0 Å². The average molecular weight is 276 g/mol. The fourth-order valence-corrected chi connectivity index (χ4v) is 2.90. The van der Waals surface area contributed by atoms with Crippen LogP contribution in [0.1, 0.15) is 11.1 Å². The lowest BCUT2D eigenvalue weighted by molar-refractivity contribution is 0.710. The van der Waals surface area contributed by atoms with Gasteiger partial charge in [0.05, 0.1) is 5.52 Å². The quantitative estimate of drug-likeness (QED) is 0.742. The fraction of sp³-hybridized carbons (Fsp3) is 0.176. The maximum Gasteiger partial charge on any atom is 0.228 e. The largest absolute Gasteiger partial charge is 0.383 e. The van der Waals surface area contributed by atoms with Crippen LogP contribution < -0.4 is 10.6 Å². The van der Waals surface area contributed by atoms with Crippen molar-refractivity contribution in [2.24, 2.45) is 0 Å². The number of para-hydroxylation sites is 1. The van der Waals surface area contributed by atoms with Gasteiger partial charge in [-0.2, -0.15) is 4.98 Å². The van der Waals surface area contributed by atoms with Gasteiger partial charge in [0, 0.05) is 18.5 Å². The molecular formula is C17H16N4. The van der Waals surface area contributed by atoms with Crippen LogP contribution in [0.4, 0.5) is 11.8 Å². The van der Waals surface area contributed by atoms with Crippen molar-refractivity contribution in [2.75, 3.05) is 17.2 Å². The average Bonchev–Trinajstić information content (AvgIpc) is 2.54. The molecule has 0 aliphatic carbocycles. The second-order valence-corrected chi connectivity index (χ2v) is 5.37. The van der Waals surface area contributed by atoms with Gasteiger partial charge in [0.2, 0.25) is 5.95 Å². The topological polar surface area (TPSA) is 55.0 Å². The molecule has 0 spiro atoms. The van der Waals surface area contributed by atoms with Gasteiger partial charge >= 0.3 is 0 Å². The summed E-state index contributed by atoms with van der Waals surface area (Å²) in [6.45, 7) is 1.77. The van der Waals surface area contributed by atoms with Crippen LogP contribution in [0.5, 0.6) is 0 Å². The maximum atomic E-state index is 6.08. The van der Waals surface area contributed by atoms with Gasteiger partial charge < -0.3 is 10.6 Å². The number of nitrogens with zero attached hydrogens (tertiary/aromatic N) is 3. The molecule has 1 aliphatic rings. The van der Waals surface area contributed by atoms with E-state index in [1.807, 2.05) is 24.3 Å². The van der Waals surface area contributed by atoms with E-state index in [-0.39, 0.29) is 0 Å². The van der Waals surface area contributed by atoms with Crippen LogP contribution in [0.2, 0.25) is 0 Å². The Labute approximate surface area is 123 Å². The lowest BCUT2D eigenvalue weighted by atomic mass is 10.0. The first kappa shape index (κ1) is 12.1. The number of anilines is 2. The monoisotopic (exact) mass is 276 g/mol. The summed E-state index contributed by atoms with van der Waals surface area (Å²) in [5.41, 5.74) is 9.75. The summed E-state index contributed by atoms with van der Waals surface area (Å²) in [6.07, 6.45) is 1.02. The summed E-state index contributed by atoms with van der Waals surface area (Å²) < 4.78 is 0. The SMILES string of the molecule is Nc1nc(N2CCc3ccccc3C2)nc2ccccc12. The lowest BCUT2D eigenvalue weighted by Gasteiger charge is -2.29. The first-order valence-electron chi connectivity index (χ1n) is 7.15. The van der Waals surface area contributed by atoms with E-state index in [2.05, 4.69) is 39.1 Å². The Bertz CT molecular complexity index is 813. The molecule has 21 heavy (non-hydrogen) atoms. The molecule has 2 N–H and O–H groups in total. The van der Waals surface area contributed by atoms with Crippen molar-refractivity contribution in [1.82, 2.24) is 9.97 Å². The molecule has 2 heterocycles. The third-order valence-corrected chi connectivity index (χ3v) is 4.03. The molecule has 4 rings (SSSR count). The van der Waals surface area contributed by atoms with E-state index in [9.17, 15) is 0 Å². The van der Waals surface area contributed by atoms with Gasteiger partial charge in [-0.25, -0.2) is 4.98 Å². The van der Waals surface area contributed by atoms with Gasteiger partial charge in [0.15, 0.2) is 0 Å². The number of aromatic nitrogens is 2. The van der Waals surface area contributed by atoms with Gasteiger partial charge in [0.25, 0.3) is 0 Å². The Morgan fingerprint density at radius 2 is 1.67 bits per heavy atom. The smallest absolute Gasteiger partial charge is 0.228 e. The van der Waals surface area contributed by atoms with Crippen LogP contribution in [-0.2, 0) is 13.0 Å². The number of nitrogens with two attached hydrogens (primary N) is 1. The predicted octanol–water partition coefficient (Wildman–Crippen LogP) is 2.77. The van der Waals surface area contributed by atoms with E-state index in [1.165, 1.54) is 11.1 Å². The molecule has 104 valence electrons. The van der Waals surface area contributed by atoms with Gasteiger partial charge in [0.1, 0.15) is 5.82 Å². The number of benzene rings is 2. The minimum absolute atomic E-state index is 0.550. The Kier molecular flexibility index (Phi) is 2.74. The van der Waals surface area contributed by atoms with Crippen LogP contribution in [0.15, 0.2) is 48.5 Å². The fourth-order valence-electron chi connectivity index (χ4n) is 2.90. The Morgan fingerprint density at radius 3 is 2.57 bits per heavy atom. The van der Waals surface area contributed by atoms with E-state index in [1.54, 1.807) is 0 Å². The van der Waals surface area contributed by atoms with E-state index >= 15 is 0 Å². The predicted molar refractivity (Wildman–Crippen MR) is 85.1 cm³/mol. The second kappa shape index (κ2) is 4.74. The first-order valence-corrected chi connectivity index (χ1v) is 7.15. The normalized spacial score (nSPS) is 14.2. The van der Waals surface area contributed by atoms with Crippen LogP contribution in [0.25, 0.3) is 10.9 Å². The highest BCUT2D eigenvalue weighted by molar-refractivity contribution is 5.88. The molecule has 3 aromatic rings. The Morgan fingerprint density at radius 1 is 0.905 bits per heavy atom. The molecule has 0 saturated heterocycles. The van der Waals surface area contributed by atoms with Crippen molar-refractivity contribution in [3.05, 3.63) is 59.7 Å². The number of nitrogen functional groups attached to an aromatic ring is 1. The van der Waals surface area contributed by atoms with E-state index in [0.717, 1.165) is 36.4 Å². The highest BCUT2D eigenvalue weighted by atomic mass is 15.3. The molecule has 2 aromatic carbocycles. The van der Waals surface area contributed by atoms with Crippen LogP contribution in [0, 0.1) is 0 Å². The molecular weight excluding hydrogens is 260 g/mol. The summed E-state index contributed by atoms with van der Waals surface area (Å²) >= 11 is 0. The summed E-state index contributed by atoms with van der Waals surface area (Å²) in [5, 5.41) is 0.915. The number of rotatable bonds is 1. The lowest BCUT2D eigenvalue weighted by Crippen LogP contribution is -2.31. The zero-order valence-electron chi connectivity index (χ0n) is 11.7. The molecule has 0 unspecified atom stereocenters. The summed E-state index contributed by atoms with van der Waals surface area (Å²) in [7, 11) is 0. The highest BCUT2D eigenvalue weighted by Crippen LogP contribution is 2.25. The maximum absolute atomic E-state index is 6.08. The molecule has 1 aliphatic heterocycles. The van der Waals surface area contributed by atoms with Gasteiger partial charge in [-0.1, -0.05) is 36.4 Å². The third-order valence-electron chi connectivity index (χ3n) is 4.03. The number of hydrogen-bond acceptors (Lipinski definition) is 4. The highest BCUT2D eigenvalue weighted by Gasteiger charge is 2.19. The van der Waals surface area contributed by atoms with Crippen molar-refractivity contribution >= 4 is 22.7 Å². The Hall–Kier alpha value is -2.62. The van der Waals surface area contributed by atoms with Crippen molar-refractivity contribution < 1.29 is 0 Å². The van der Waals surface area contributed by atoms with Crippen LogP contribution in [0.3, 0.4) is 0 Å². The molecule has 0 fully saturated rings. The Balaban J connectivity index is 1.75. The molecule has 0 atom stereocenters. The number of hydrogen-bond donors (Lipinski definition) is 1. The molecule has 0 amide bonds. The summed E-state index contributed by atoms with van der Waals surface area (Å²) in [4.78, 5) is 11.4. The first-order chi connectivity index (χ1) is 10.3. The van der Waals surface area contributed by atoms with E-state index < -0.39 is 0 Å². The minimum atomic E-state index is 0.550. The molecule has 0 bridgehead atoms. The van der Waals surface area contributed by atoms with Crippen molar-refractivity contribution in [3.63, 3.8) is 0 Å². The third kappa shape index (κ3) is 2.09. The van der Waals surface area contributed by atoms with Crippen molar-refractivity contribution in [2.45, 2.75) is 13.0 Å². The minimum Gasteiger partial charge on any atom is -0.383 e. The van der Waals surface area contributed by atoms with E-state index in [0.29, 0.717) is 5.82 Å². The van der Waals surface area contributed by atoms with Gasteiger partial charge in [-0.15, -0.1) is 0 Å². The standard InChI is InChI=1S/C17H16N4/c18-16-14-7-3-4-8-15(14)19-17(20-16)21-10-9-12-5-1-2-6-13(12)11-21/h1-8H,9-11H2,(H2,18,19,20). The zero-order valence-corrected chi connectivity index (χ0v) is 11.7. The molecule has 1 aromatic heterocycles. The van der Waals surface area contributed by atoms with Crippen LogP contribution >= 0.6 is 0 Å². The zero-order chi connectivity index (χ0) is 14.2. The van der Waals surface area contributed by atoms with Gasteiger partial charge in [-0.05, 0) is 29.7 Å². The summed E-state index contributed by atoms with van der Waals surface area (Å²) in [5.74, 6) is 1.27. The molecule has 0 saturated carbocycles. The molecule has 0 radical (unpaired) electrons. The van der Waals surface area contributed by atoms with Gasteiger partial charge in [-0.3, -0.25) is 0 Å². The molecule has 4 heteroatoms. The van der Waals surface area contributed by atoms with Crippen molar-refractivity contribution in [1.29, 1.82) is 0 Å². The van der Waals surface area contributed by atoms with Crippen LogP contribution in [-0.4, -0.2) is 16.5 Å². The second-order valence-electron chi connectivity index (χ2n) is 5.37. The van der Waals surface area contributed by atoms with E-state index in [4.69, 9.17) is 5.73 Å².